The standard InChI is InChI=1S/C23H23FN4O2/c1-27-14-21(25-15-27)17-11-18(13-19(24)12-17)23(30)26-20-6-4-16(5-7-20)10-22(29)28-8-2-3-9-28/h4-7,11-15H,2-3,8-10H2,1H3,(H,26,30). The van der Waals surface area contributed by atoms with Gasteiger partial charge >= 0.3 is 0 Å². The van der Waals surface area contributed by atoms with E-state index in [1.54, 1.807) is 35.3 Å². The lowest BCUT2D eigenvalue weighted by Gasteiger charge is -2.15. The smallest absolute Gasteiger partial charge is 0.255 e. The Morgan fingerprint density at radius 1 is 1.10 bits per heavy atom. The highest BCUT2D eigenvalue weighted by molar-refractivity contribution is 6.05. The van der Waals surface area contributed by atoms with Crippen LogP contribution in [0.25, 0.3) is 11.3 Å². The van der Waals surface area contributed by atoms with Crippen molar-refractivity contribution in [2.24, 2.45) is 7.05 Å². The molecule has 0 spiro atoms. The van der Waals surface area contributed by atoms with E-state index in [4.69, 9.17) is 0 Å². The zero-order chi connectivity index (χ0) is 21.1. The van der Waals surface area contributed by atoms with Crippen molar-refractivity contribution in [2.45, 2.75) is 19.3 Å². The van der Waals surface area contributed by atoms with Crippen LogP contribution in [0, 0.1) is 5.82 Å². The molecule has 30 heavy (non-hydrogen) atoms. The number of imidazole rings is 1. The van der Waals surface area contributed by atoms with Crippen molar-refractivity contribution in [3.63, 3.8) is 0 Å². The van der Waals surface area contributed by atoms with E-state index in [2.05, 4.69) is 10.3 Å². The molecule has 154 valence electrons. The highest BCUT2D eigenvalue weighted by Gasteiger charge is 2.18. The Kier molecular flexibility index (Phi) is 5.61. The third kappa shape index (κ3) is 4.56. The largest absolute Gasteiger partial charge is 0.342 e. The van der Waals surface area contributed by atoms with Crippen LogP contribution in [0.3, 0.4) is 0 Å². The van der Waals surface area contributed by atoms with E-state index in [0.717, 1.165) is 31.5 Å². The molecule has 0 radical (unpaired) electrons. The van der Waals surface area contributed by atoms with Crippen molar-refractivity contribution in [1.82, 2.24) is 14.5 Å². The molecule has 6 nitrogen and oxygen atoms in total. The van der Waals surface area contributed by atoms with E-state index in [0.29, 0.717) is 23.4 Å². The number of likely N-dealkylation sites (tertiary alicyclic amines) is 1. The molecule has 0 saturated carbocycles. The highest BCUT2D eigenvalue weighted by atomic mass is 19.1. The highest BCUT2D eigenvalue weighted by Crippen LogP contribution is 2.21. The Hall–Kier alpha value is -3.48. The molecule has 7 heteroatoms. The molecule has 1 N–H and O–H groups in total. The van der Waals surface area contributed by atoms with Crippen molar-refractivity contribution in [3.8, 4) is 11.3 Å². The first-order valence-corrected chi connectivity index (χ1v) is 9.95. The summed E-state index contributed by atoms with van der Waals surface area (Å²) in [5.74, 6) is -0.780. The molecule has 1 aliphatic rings. The Labute approximate surface area is 174 Å². The molecule has 0 unspecified atom stereocenters. The number of nitrogens with zero attached hydrogens (tertiary/aromatic N) is 3. The van der Waals surface area contributed by atoms with Gasteiger partial charge in [0.05, 0.1) is 18.4 Å². The summed E-state index contributed by atoms with van der Waals surface area (Å²) < 4.78 is 15.8. The molecule has 2 heterocycles. The number of anilines is 1. The summed E-state index contributed by atoms with van der Waals surface area (Å²) in [6.07, 6.45) is 5.87. The topological polar surface area (TPSA) is 67.2 Å². The van der Waals surface area contributed by atoms with Crippen molar-refractivity contribution in [3.05, 3.63) is 71.9 Å². The van der Waals surface area contributed by atoms with Crippen LogP contribution < -0.4 is 5.32 Å². The summed E-state index contributed by atoms with van der Waals surface area (Å²) in [4.78, 5) is 31.0. The molecule has 1 fully saturated rings. The average molecular weight is 406 g/mol. The second-order valence-corrected chi connectivity index (χ2v) is 7.57. The minimum atomic E-state index is -0.501. The maximum atomic E-state index is 14.1. The van der Waals surface area contributed by atoms with E-state index in [-0.39, 0.29) is 11.5 Å². The fourth-order valence-electron chi connectivity index (χ4n) is 3.59. The first-order chi connectivity index (χ1) is 14.5. The van der Waals surface area contributed by atoms with Crippen molar-refractivity contribution < 1.29 is 14.0 Å². The number of hydrogen-bond acceptors (Lipinski definition) is 3. The van der Waals surface area contributed by atoms with Gasteiger partial charge in [0.2, 0.25) is 5.91 Å². The number of carbonyl (C=O) groups is 2. The van der Waals surface area contributed by atoms with Crippen molar-refractivity contribution >= 4 is 17.5 Å². The van der Waals surface area contributed by atoms with E-state index in [1.165, 1.54) is 12.1 Å². The lowest BCUT2D eigenvalue weighted by Crippen LogP contribution is -2.29. The Morgan fingerprint density at radius 2 is 1.83 bits per heavy atom. The Balaban J connectivity index is 1.43. The molecule has 0 bridgehead atoms. The summed E-state index contributed by atoms with van der Waals surface area (Å²) in [6.45, 7) is 1.67. The number of amides is 2. The monoisotopic (exact) mass is 406 g/mol. The molecular formula is C23H23FN4O2. The normalized spacial score (nSPS) is 13.5. The van der Waals surface area contributed by atoms with Crippen LogP contribution in [0.5, 0.6) is 0 Å². The van der Waals surface area contributed by atoms with Crippen molar-refractivity contribution in [2.75, 3.05) is 18.4 Å². The van der Waals surface area contributed by atoms with Gasteiger partial charge in [-0.25, -0.2) is 9.37 Å². The van der Waals surface area contributed by atoms with E-state index < -0.39 is 11.7 Å². The summed E-state index contributed by atoms with van der Waals surface area (Å²) in [7, 11) is 1.83. The van der Waals surface area contributed by atoms with E-state index in [9.17, 15) is 14.0 Å². The number of benzene rings is 2. The van der Waals surface area contributed by atoms with Crippen molar-refractivity contribution in [1.29, 1.82) is 0 Å². The predicted octanol–water partition coefficient (Wildman–Crippen LogP) is 3.64. The van der Waals surface area contributed by atoms with Gasteiger partial charge in [0.1, 0.15) is 5.82 Å². The molecule has 1 aliphatic heterocycles. The first kappa shape index (κ1) is 19.8. The Bertz CT molecular complexity index is 1070. The number of aromatic nitrogens is 2. The molecule has 2 amide bonds. The second kappa shape index (κ2) is 8.49. The molecule has 0 aliphatic carbocycles. The maximum absolute atomic E-state index is 14.1. The van der Waals surface area contributed by atoms with E-state index >= 15 is 0 Å². The fraction of sp³-hybridized carbons (Fsp3) is 0.261. The second-order valence-electron chi connectivity index (χ2n) is 7.57. The van der Waals surface area contributed by atoms with Gasteiger partial charge < -0.3 is 14.8 Å². The van der Waals surface area contributed by atoms with Crippen LogP contribution >= 0.6 is 0 Å². The summed E-state index contributed by atoms with van der Waals surface area (Å²) in [5.41, 5.74) is 2.83. The number of carbonyl (C=O) groups excluding carboxylic acids is 2. The van der Waals surface area contributed by atoms with Gasteiger partial charge in [-0.2, -0.15) is 0 Å². The summed E-state index contributed by atoms with van der Waals surface area (Å²) in [5, 5.41) is 2.78. The first-order valence-electron chi connectivity index (χ1n) is 9.95. The van der Waals surface area contributed by atoms with Crippen LogP contribution in [0.1, 0.15) is 28.8 Å². The third-order valence-electron chi connectivity index (χ3n) is 5.19. The number of rotatable bonds is 5. The van der Waals surface area contributed by atoms with E-state index in [1.807, 2.05) is 24.1 Å². The van der Waals surface area contributed by atoms with Gasteiger partial charge in [-0.15, -0.1) is 0 Å². The molecular weight excluding hydrogens is 383 g/mol. The van der Waals surface area contributed by atoms with Gasteiger partial charge in [0.15, 0.2) is 0 Å². The number of nitrogens with one attached hydrogen (secondary N) is 1. The SMILES string of the molecule is Cn1cnc(-c2cc(F)cc(C(=O)Nc3ccc(CC(=O)N4CCCC4)cc3)c2)c1. The van der Waals surface area contributed by atoms with Crippen LogP contribution in [0.4, 0.5) is 10.1 Å². The van der Waals surface area contributed by atoms with Gasteiger partial charge in [-0.3, -0.25) is 9.59 Å². The minimum Gasteiger partial charge on any atom is -0.342 e. The maximum Gasteiger partial charge on any atom is 0.255 e. The van der Waals surface area contributed by atoms with Crippen LogP contribution in [0.2, 0.25) is 0 Å². The molecule has 1 saturated heterocycles. The van der Waals surface area contributed by atoms with Gasteiger partial charge in [-0.1, -0.05) is 12.1 Å². The van der Waals surface area contributed by atoms with Crippen LogP contribution in [0.15, 0.2) is 55.0 Å². The summed E-state index contributed by atoms with van der Waals surface area (Å²) in [6, 6.07) is 11.3. The minimum absolute atomic E-state index is 0.131. The van der Waals surface area contributed by atoms with Gasteiger partial charge in [0, 0.05) is 43.1 Å². The van der Waals surface area contributed by atoms with Crippen LogP contribution in [-0.2, 0) is 18.3 Å². The molecule has 4 rings (SSSR count). The Morgan fingerprint density at radius 3 is 2.50 bits per heavy atom. The van der Waals surface area contributed by atoms with Gasteiger partial charge in [-0.05, 0) is 48.7 Å². The number of halogens is 1. The van der Waals surface area contributed by atoms with Crippen LogP contribution in [-0.4, -0.2) is 39.4 Å². The number of aryl methyl sites for hydroxylation is 1. The zero-order valence-corrected chi connectivity index (χ0v) is 16.8. The molecule has 0 atom stereocenters. The fourth-order valence-corrected chi connectivity index (χ4v) is 3.59. The molecule has 1 aromatic heterocycles. The molecule has 2 aromatic carbocycles. The predicted molar refractivity (Wildman–Crippen MR) is 113 cm³/mol. The third-order valence-corrected chi connectivity index (χ3v) is 5.19. The number of hydrogen-bond donors (Lipinski definition) is 1. The lowest BCUT2D eigenvalue weighted by molar-refractivity contribution is -0.129. The summed E-state index contributed by atoms with van der Waals surface area (Å²) >= 11 is 0. The quantitative estimate of drug-likeness (QED) is 0.703. The lowest BCUT2D eigenvalue weighted by atomic mass is 10.1. The van der Waals surface area contributed by atoms with Gasteiger partial charge in [0.25, 0.3) is 5.91 Å². The molecule has 3 aromatic rings. The zero-order valence-electron chi connectivity index (χ0n) is 16.8. The average Bonchev–Trinajstić information content (AvgIpc) is 3.41.